The van der Waals surface area contributed by atoms with E-state index in [1.54, 1.807) is 0 Å². The summed E-state index contributed by atoms with van der Waals surface area (Å²) in [7, 11) is 0.294. The molecule has 0 atom stereocenters. The Morgan fingerprint density at radius 1 is 0.769 bits per heavy atom. The van der Waals surface area contributed by atoms with Gasteiger partial charge in [0.2, 0.25) is 11.8 Å². The Hall–Kier alpha value is -2.03. The number of likely N-dealkylation sites (N-methyl/N-ethyl adjacent to an activating group) is 1. The first-order valence-electron chi connectivity index (χ1n) is 7.87. The first-order valence-corrected chi connectivity index (χ1v) is 10.2. The summed E-state index contributed by atoms with van der Waals surface area (Å²) in [6.45, 7) is 8.75. The van der Waals surface area contributed by atoms with Crippen LogP contribution in [-0.2, 0) is 29.0 Å². The van der Waals surface area contributed by atoms with Gasteiger partial charge in [0.15, 0.2) is 0 Å². The molecule has 9 heteroatoms. The van der Waals surface area contributed by atoms with Crippen LogP contribution in [0.25, 0.3) is 0 Å². The van der Waals surface area contributed by atoms with Crippen molar-refractivity contribution in [1.82, 2.24) is 9.80 Å². The Balaban J connectivity index is 0. The molecule has 1 fully saturated rings. The van der Waals surface area contributed by atoms with Crippen LogP contribution in [-0.4, -0.2) is 68.5 Å². The van der Waals surface area contributed by atoms with Crippen LogP contribution >= 0.6 is 0 Å². The maximum absolute atomic E-state index is 10.5. The molecular formula is C17H30N2O6S. The summed E-state index contributed by atoms with van der Waals surface area (Å²) in [6.07, 6.45) is 5.62. The third-order valence-electron chi connectivity index (χ3n) is 2.33. The van der Waals surface area contributed by atoms with Crippen molar-refractivity contribution in [3.05, 3.63) is 12.2 Å². The molecule has 2 heterocycles. The molecule has 150 valence electrons. The minimum absolute atomic E-state index is 0.0602. The predicted octanol–water partition coefficient (Wildman–Crippen LogP) is 1.02. The molecule has 0 aromatic carbocycles. The first kappa shape index (κ1) is 26.2. The first-order chi connectivity index (χ1) is 11.4. The molecule has 0 N–H and O–H groups in total. The van der Waals surface area contributed by atoms with Gasteiger partial charge in [0, 0.05) is 51.6 Å². The lowest BCUT2D eigenvalue weighted by molar-refractivity contribution is -0.137. The van der Waals surface area contributed by atoms with E-state index in [0.717, 1.165) is 17.4 Å². The zero-order valence-corrected chi connectivity index (χ0v) is 17.6. The van der Waals surface area contributed by atoms with Crippen LogP contribution in [0.15, 0.2) is 12.2 Å². The largest absolute Gasteiger partial charge is 0.286 e. The second-order valence-corrected chi connectivity index (χ2v) is 9.84. The van der Waals surface area contributed by atoms with Crippen molar-refractivity contribution in [2.45, 2.75) is 40.5 Å². The minimum Gasteiger partial charge on any atom is -0.286 e. The number of imide groups is 2. The van der Waals surface area contributed by atoms with Crippen LogP contribution in [0.1, 0.15) is 40.5 Å². The number of amides is 4. The van der Waals surface area contributed by atoms with Crippen LogP contribution in [0.3, 0.4) is 0 Å². The van der Waals surface area contributed by atoms with Gasteiger partial charge in [0.25, 0.3) is 11.8 Å². The van der Waals surface area contributed by atoms with Crippen molar-refractivity contribution in [1.29, 1.82) is 0 Å². The van der Waals surface area contributed by atoms with Gasteiger partial charge in [-0.15, -0.1) is 0 Å². The lowest BCUT2D eigenvalue weighted by Gasteiger charge is -2.05. The molecule has 0 unspecified atom stereocenters. The number of hydrogen-bond donors (Lipinski definition) is 0. The van der Waals surface area contributed by atoms with Crippen LogP contribution in [0.5, 0.6) is 0 Å². The average molecular weight is 391 g/mol. The molecule has 0 aliphatic carbocycles. The van der Waals surface area contributed by atoms with Crippen LogP contribution in [0, 0.1) is 5.41 Å². The molecule has 1 saturated heterocycles. The molecule has 0 bridgehead atoms. The molecule has 4 amide bonds. The summed E-state index contributed by atoms with van der Waals surface area (Å²) < 4.78 is 19.3. The summed E-state index contributed by atoms with van der Waals surface area (Å²) in [5.41, 5.74) is 0.500. The molecule has 0 aromatic heterocycles. The predicted molar refractivity (Wildman–Crippen MR) is 99.8 cm³/mol. The van der Waals surface area contributed by atoms with E-state index in [2.05, 4.69) is 27.7 Å². The van der Waals surface area contributed by atoms with Gasteiger partial charge in [0.1, 0.15) is 9.84 Å². The molecule has 26 heavy (non-hydrogen) atoms. The van der Waals surface area contributed by atoms with Crippen molar-refractivity contribution in [3.8, 4) is 0 Å². The average Bonchev–Trinajstić information content (AvgIpc) is 2.86. The molecule has 0 spiro atoms. The molecule has 0 radical (unpaired) electrons. The number of likely N-dealkylation sites (tertiary alicyclic amines) is 1. The highest BCUT2D eigenvalue weighted by molar-refractivity contribution is 7.89. The molecular weight excluding hydrogens is 360 g/mol. The number of carbonyl (C=O) groups is 4. The fourth-order valence-corrected chi connectivity index (χ4v) is 1.16. The highest BCUT2D eigenvalue weighted by atomic mass is 32.2. The summed E-state index contributed by atoms with van der Waals surface area (Å²) in [4.78, 5) is 44.0. The van der Waals surface area contributed by atoms with E-state index in [1.165, 1.54) is 31.1 Å². The minimum atomic E-state index is -2.67. The SMILES string of the molecule is CC(C)(C)C.CN1C(=O)C=CC1=O.CN1C(=O)CCC1=O.CS(C)(=O)=O. The third kappa shape index (κ3) is 16.8. The van der Waals surface area contributed by atoms with E-state index in [9.17, 15) is 27.6 Å². The quantitative estimate of drug-likeness (QED) is 0.571. The van der Waals surface area contributed by atoms with E-state index < -0.39 is 9.84 Å². The number of sulfone groups is 1. The van der Waals surface area contributed by atoms with Gasteiger partial charge in [-0.25, -0.2) is 8.42 Å². The van der Waals surface area contributed by atoms with Crippen LogP contribution in [0.2, 0.25) is 0 Å². The standard InChI is InChI=1S/C5H7NO2.C5H5NO2.C5H12.C2H6O2S/c2*1-6-4(7)2-3-5(6)8;2*1-5(2,3)4/h2-3H2,1H3;2-3H,1H3;1-4H3;1-2H3. The maximum atomic E-state index is 10.5. The van der Waals surface area contributed by atoms with Crippen molar-refractivity contribution in [2.24, 2.45) is 5.41 Å². The Morgan fingerprint density at radius 3 is 1.08 bits per heavy atom. The summed E-state index contributed by atoms with van der Waals surface area (Å²) >= 11 is 0. The van der Waals surface area contributed by atoms with Gasteiger partial charge in [-0.3, -0.25) is 29.0 Å². The van der Waals surface area contributed by atoms with Gasteiger partial charge in [-0.05, 0) is 5.41 Å². The van der Waals surface area contributed by atoms with Gasteiger partial charge >= 0.3 is 0 Å². The fourth-order valence-electron chi connectivity index (χ4n) is 1.16. The van der Waals surface area contributed by atoms with Crippen molar-refractivity contribution in [2.75, 3.05) is 26.6 Å². The lowest BCUT2D eigenvalue weighted by Crippen LogP contribution is -2.24. The Morgan fingerprint density at radius 2 is 1.00 bits per heavy atom. The number of rotatable bonds is 0. The van der Waals surface area contributed by atoms with Gasteiger partial charge < -0.3 is 0 Å². The molecule has 0 aromatic rings. The zero-order chi connectivity index (χ0) is 21.3. The third-order valence-corrected chi connectivity index (χ3v) is 2.33. The van der Waals surface area contributed by atoms with E-state index in [0.29, 0.717) is 18.3 Å². The monoisotopic (exact) mass is 390 g/mol. The van der Waals surface area contributed by atoms with Gasteiger partial charge in [-0.1, -0.05) is 27.7 Å². The van der Waals surface area contributed by atoms with Gasteiger partial charge in [0.05, 0.1) is 0 Å². The number of hydrogen-bond acceptors (Lipinski definition) is 6. The second-order valence-electron chi connectivity index (χ2n) is 7.56. The summed E-state index contributed by atoms with van der Waals surface area (Å²) in [6, 6.07) is 0. The topological polar surface area (TPSA) is 109 Å². The number of carbonyl (C=O) groups excluding carboxylic acids is 4. The second kappa shape index (κ2) is 10.8. The summed E-state index contributed by atoms with van der Waals surface area (Å²) in [5, 5.41) is 0. The molecule has 2 rings (SSSR count). The van der Waals surface area contributed by atoms with E-state index in [4.69, 9.17) is 0 Å². The smallest absolute Gasteiger partial charge is 0.253 e. The molecule has 2 aliphatic rings. The maximum Gasteiger partial charge on any atom is 0.253 e. The Kier molecular flexibility index (Phi) is 10.9. The van der Waals surface area contributed by atoms with Crippen molar-refractivity contribution >= 4 is 33.5 Å². The highest BCUT2D eigenvalue weighted by Gasteiger charge is 2.24. The van der Waals surface area contributed by atoms with Crippen LogP contribution in [0.4, 0.5) is 0 Å². The molecule has 8 nitrogen and oxygen atoms in total. The Labute approximate surface area is 156 Å². The highest BCUT2D eigenvalue weighted by Crippen LogP contribution is 2.08. The summed E-state index contributed by atoms with van der Waals surface area (Å²) in [5.74, 6) is -0.602. The van der Waals surface area contributed by atoms with E-state index in [-0.39, 0.29) is 23.6 Å². The number of nitrogens with zero attached hydrogens (tertiary/aromatic N) is 2. The normalized spacial score (nSPS) is 16.5. The van der Waals surface area contributed by atoms with E-state index >= 15 is 0 Å². The van der Waals surface area contributed by atoms with Gasteiger partial charge in [-0.2, -0.15) is 0 Å². The zero-order valence-electron chi connectivity index (χ0n) is 16.8. The molecule has 0 saturated carbocycles. The Bertz CT molecular complexity index is 611. The molecule has 2 aliphatic heterocycles. The van der Waals surface area contributed by atoms with E-state index in [1.807, 2.05) is 0 Å². The fraction of sp³-hybridized carbons (Fsp3) is 0.647. The van der Waals surface area contributed by atoms with Crippen molar-refractivity contribution in [3.63, 3.8) is 0 Å². The van der Waals surface area contributed by atoms with Crippen LogP contribution < -0.4 is 0 Å². The van der Waals surface area contributed by atoms with Crippen molar-refractivity contribution < 1.29 is 27.6 Å². The lowest BCUT2D eigenvalue weighted by atomic mass is 10.0.